The molecule has 178 valence electrons. The number of carbonyl (C=O) groups is 2. The number of methoxy groups -OCH3 is 1. The third-order valence-electron chi connectivity index (χ3n) is 4.96. The average Bonchev–Trinajstić information content (AvgIpc) is 2.67. The first-order valence-electron chi connectivity index (χ1n) is 11.4. The van der Waals surface area contributed by atoms with Crippen molar-refractivity contribution in [3.63, 3.8) is 0 Å². The van der Waals surface area contributed by atoms with Gasteiger partial charge in [-0.15, -0.1) is 0 Å². The van der Waals surface area contributed by atoms with E-state index >= 15 is 0 Å². The van der Waals surface area contributed by atoms with Crippen molar-refractivity contribution in [3.8, 4) is 0 Å². The minimum atomic E-state index is -0.607. The van der Waals surface area contributed by atoms with Crippen LogP contribution in [0.1, 0.15) is 114 Å². The van der Waals surface area contributed by atoms with Crippen LogP contribution < -0.4 is 0 Å². The molecule has 0 saturated carbocycles. The van der Waals surface area contributed by atoms with Gasteiger partial charge in [-0.25, -0.2) is 9.59 Å². The zero-order chi connectivity index (χ0) is 24.2. The summed E-state index contributed by atoms with van der Waals surface area (Å²) in [5.41, 5.74) is 0.601. The molecule has 0 aromatic heterocycles. The van der Waals surface area contributed by atoms with E-state index in [1.54, 1.807) is 26.2 Å². The normalized spacial score (nSPS) is 12.5. The van der Waals surface area contributed by atoms with Gasteiger partial charge in [-0.05, 0) is 50.3 Å². The summed E-state index contributed by atoms with van der Waals surface area (Å²) in [6, 6.07) is 5.22. The molecule has 1 rings (SSSR count). The van der Waals surface area contributed by atoms with Crippen LogP contribution in [0.3, 0.4) is 0 Å². The fraction of sp³-hybridized carbons (Fsp3) is 0.692. The Balaban J connectivity index is 0.00000161. The predicted molar refractivity (Wildman–Crippen MR) is 127 cm³/mol. The molecule has 0 amide bonds. The van der Waals surface area contributed by atoms with Gasteiger partial charge < -0.3 is 14.2 Å². The largest absolute Gasteiger partial charge is 0.457 e. The van der Waals surface area contributed by atoms with Gasteiger partial charge in [0.1, 0.15) is 11.7 Å². The number of esters is 2. The predicted octanol–water partition coefficient (Wildman–Crippen LogP) is 6.72. The summed E-state index contributed by atoms with van der Waals surface area (Å²) < 4.78 is 16.0. The Morgan fingerprint density at radius 1 is 0.935 bits per heavy atom. The molecule has 0 aliphatic rings. The Labute approximate surface area is 189 Å². The Morgan fingerprint density at radius 2 is 1.52 bits per heavy atom. The highest BCUT2D eigenvalue weighted by atomic mass is 16.6. The van der Waals surface area contributed by atoms with E-state index in [1.165, 1.54) is 19.3 Å². The number of ether oxygens (including phenoxy) is 3. The first-order chi connectivity index (χ1) is 14.3. The third kappa shape index (κ3) is 10.8. The Morgan fingerprint density at radius 3 is 1.94 bits per heavy atom. The zero-order valence-corrected chi connectivity index (χ0v) is 21.4. The van der Waals surface area contributed by atoms with E-state index in [0.717, 1.165) is 5.56 Å². The minimum Gasteiger partial charge on any atom is -0.457 e. The summed E-state index contributed by atoms with van der Waals surface area (Å²) in [6.07, 6.45) is 4.33. The van der Waals surface area contributed by atoms with E-state index in [4.69, 9.17) is 14.2 Å². The second kappa shape index (κ2) is 13.5. The number of hydrogen-bond acceptors (Lipinski definition) is 5. The van der Waals surface area contributed by atoms with Crippen LogP contribution in [0.2, 0.25) is 0 Å². The maximum atomic E-state index is 12.7. The highest BCUT2D eigenvalue weighted by Gasteiger charge is 2.28. The number of hydrogen-bond donors (Lipinski definition) is 0. The molecule has 0 radical (unpaired) electrons. The molecule has 0 spiro atoms. The van der Waals surface area contributed by atoms with E-state index in [0.29, 0.717) is 6.42 Å². The van der Waals surface area contributed by atoms with Crippen molar-refractivity contribution in [1.82, 2.24) is 0 Å². The van der Waals surface area contributed by atoms with Crippen molar-refractivity contribution in [3.05, 3.63) is 34.9 Å². The second-order valence-electron chi connectivity index (χ2n) is 9.54. The molecule has 1 aromatic rings. The Bertz CT molecular complexity index is 684. The van der Waals surface area contributed by atoms with Gasteiger partial charge in [-0.3, -0.25) is 0 Å². The smallest absolute Gasteiger partial charge is 0.339 e. The maximum Gasteiger partial charge on any atom is 0.339 e. The van der Waals surface area contributed by atoms with E-state index < -0.39 is 23.6 Å². The fourth-order valence-corrected chi connectivity index (χ4v) is 2.60. The average molecular weight is 437 g/mol. The van der Waals surface area contributed by atoms with Gasteiger partial charge in [0.15, 0.2) is 0 Å². The zero-order valence-electron chi connectivity index (χ0n) is 21.4. The Kier molecular flexibility index (Phi) is 12.7. The quantitative estimate of drug-likeness (QED) is 0.402. The SMILES string of the molecule is CCC(C)(C)OC(=O)c1ccc(C(C)(C)C)cc1C(=O)OC(C)COC.CCCCC. The van der Waals surface area contributed by atoms with Crippen LogP contribution in [0.4, 0.5) is 0 Å². The van der Waals surface area contributed by atoms with Crippen molar-refractivity contribution in [1.29, 1.82) is 0 Å². The topological polar surface area (TPSA) is 61.8 Å². The van der Waals surface area contributed by atoms with Crippen molar-refractivity contribution in [2.75, 3.05) is 13.7 Å². The van der Waals surface area contributed by atoms with Crippen LogP contribution in [0, 0.1) is 0 Å². The van der Waals surface area contributed by atoms with E-state index in [2.05, 4.69) is 13.8 Å². The van der Waals surface area contributed by atoms with Crippen LogP contribution in [0.15, 0.2) is 18.2 Å². The number of unbranched alkanes of at least 4 members (excludes halogenated alkanes) is 2. The molecule has 0 fully saturated rings. The lowest BCUT2D eigenvalue weighted by atomic mass is 9.85. The summed E-state index contributed by atoms with van der Waals surface area (Å²) in [5.74, 6) is -1.08. The summed E-state index contributed by atoms with van der Waals surface area (Å²) in [7, 11) is 1.54. The first-order valence-corrected chi connectivity index (χ1v) is 11.4. The van der Waals surface area contributed by atoms with Gasteiger partial charge in [0.05, 0.1) is 17.7 Å². The molecule has 0 N–H and O–H groups in total. The lowest BCUT2D eigenvalue weighted by molar-refractivity contribution is -0.00369. The molecule has 0 aliphatic heterocycles. The molecule has 1 aromatic carbocycles. The monoisotopic (exact) mass is 436 g/mol. The standard InChI is InChI=1S/C21H32O5.C5H12/c1-9-21(6,7)26-19(23)16-11-10-15(20(3,4)5)12-17(16)18(22)25-14(2)13-24-8;1-3-5-4-2/h10-12,14H,9,13H2,1-8H3;3-5H2,1-2H3. The lowest BCUT2D eigenvalue weighted by Gasteiger charge is -2.25. The van der Waals surface area contributed by atoms with E-state index in [9.17, 15) is 9.59 Å². The van der Waals surface area contributed by atoms with Gasteiger partial charge in [0.25, 0.3) is 0 Å². The maximum absolute atomic E-state index is 12.7. The first kappa shape index (κ1) is 29.1. The lowest BCUT2D eigenvalue weighted by Crippen LogP contribution is -2.29. The van der Waals surface area contributed by atoms with E-state index in [-0.39, 0.29) is 23.1 Å². The molecule has 1 atom stereocenters. The summed E-state index contributed by atoms with van der Waals surface area (Å²) in [6.45, 7) is 18.2. The molecule has 31 heavy (non-hydrogen) atoms. The van der Waals surface area contributed by atoms with Crippen molar-refractivity contribution < 1.29 is 23.8 Å². The molecular formula is C26H44O5. The van der Waals surface area contributed by atoms with Crippen molar-refractivity contribution >= 4 is 11.9 Å². The van der Waals surface area contributed by atoms with Crippen LogP contribution in [0.25, 0.3) is 0 Å². The molecule has 0 bridgehead atoms. The number of benzene rings is 1. The van der Waals surface area contributed by atoms with Gasteiger partial charge in [0.2, 0.25) is 0 Å². The third-order valence-corrected chi connectivity index (χ3v) is 4.96. The summed E-state index contributed by atoms with van der Waals surface area (Å²) in [4.78, 5) is 25.3. The molecule has 5 heteroatoms. The van der Waals surface area contributed by atoms with E-state index in [1.807, 2.05) is 47.6 Å². The molecule has 0 heterocycles. The Hall–Kier alpha value is -1.88. The molecule has 5 nitrogen and oxygen atoms in total. The van der Waals surface area contributed by atoms with Gasteiger partial charge >= 0.3 is 11.9 Å². The minimum absolute atomic E-state index is 0.168. The van der Waals surface area contributed by atoms with Gasteiger partial charge in [0, 0.05) is 7.11 Å². The fourth-order valence-electron chi connectivity index (χ4n) is 2.60. The highest BCUT2D eigenvalue weighted by molar-refractivity contribution is 6.03. The van der Waals surface area contributed by atoms with Crippen molar-refractivity contribution in [2.24, 2.45) is 0 Å². The molecule has 0 saturated heterocycles. The highest BCUT2D eigenvalue weighted by Crippen LogP contribution is 2.27. The van der Waals surface area contributed by atoms with Crippen LogP contribution in [-0.4, -0.2) is 37.4 Å². The molecule has 0 aliphatic carbocycles. The van der Waals surface area contributed by atoms with Gasteiger partial charge in [-0.2, -0.15) is 0 Å². The summed E-state index contributed by atoms with van der Waals surface area (Å²) >= 11 is 0. The second-order valence-corrected chi connectivity index (χ2v) is 9.54. The van der Waals surface area contributed by atoms with Crippen LogP contribution >= 0.6 is 0 Å². The van der Waals surface area contributed by atoms with Gasteiger partial charge in [-0.1, -0.05) is 66.9 Å². The molecular weight excluding hydrogens is 392 g/mol. The van der Waals surface area contributed by atoms with Crippen LogP contribution in [-0.2, 0) is 19.6 Å². The number of carbonyl (C=O) groups excluding carboxylic acids is 2. The summed E-state index contributed by atoms with van der Waals surface area (Å²) in [5, 5.41) is 0. The van der Waals surface area contributed by atoms with Crippen LogP contribution in [0.5, 0.6) is 0 Å². The number of rotatable bonds is 9. The molecule has 1 unspecified atom stereocenters. The van der Waals surface area contributed by atoms with Crippen molar-refractivity contribution in [2.45, 2.75) is 105 Å².